The Balaban J connectivity index is 4.24. The molecule has 23 heavy (non-hydrogen) atoms. The van der Waals surface area contributed by atoms with E-state index in [9.17, 15) is 0 Å². The van der Waals surface area contributed by atoms with Crippen LogP contribution < -0.4 is 11.5 Å². The van der Waals surface area contributed by atoms with E-state index >= 15 is 0 Å². The van der Waals surface area contributed by atoms with E-state index in [1.807, 2.05) is 0 Å². The van der Waals surface area contributed by atoms with Crippen LogP contribution >= 0.6 is 0 Å². The maximum atomic E-state index is 6.43. The first-order valence-electron chi connectivity index (χ1n) is 9.69. The molecule has 0 aliphatic carbocycles. The average Bonchev–Trinajstić information content (AvgIpc) is 2.51. The summed E-state index contributed by atoms with van der Waals surface area (Å²) in [5, 5.41) is 0. The van der Waals surface area contributed by atoms with Crippen molar-refractivity contribution in [2.45, 2.75) is 90.1 Å². The molecule has 0 aromatic rings. The van der Waals surface area contributed by atoms with E-state index in [4.69, 9.17) is 20.3 Å². The van der Waals surface area contributed by atoms with Crippen LogP contribution in [0.15, 0.2) is 0 Å². The zero-order valence-electron chi connectivity index (χ0n) is 16.1. The van der Waals surface area contributed by atoms with Gasteiger partial charge in [0.2, 0.25) is 0 Å². The molecule has 0 saturated heterocycles. The van der Waals surface area contributed by atoms with Crippen molar-refractivity contribution in [1.29, 1.82) is 0 Å². The van der Waals surface area contributed by atoms with Crippen molar-refractivity contribution < 1.29 is 8.85 Å². The summed E-state index contributed by atoms with van der Waals surface area (Å²) in [6.45, 7) is 12.3. The largest absolute Gasteiger partial charge is 0.545 e. The number of nitrogens with two attached hydrogens (primary N) is 2. The van der Waals surface area contributed by atoms with Crippen LogP contribution in [0.4, 0.5) is 0 Å². The molecule has 0 saturated carbocycles. The Morgan fingerprint density at radius 3 is 1.26 bits per heavy atom. The number of rotatable bonds is 16. The zero-order valence-corrected chi connectivity index (χ0v) is 17.1. The van der Waals surface area contributed by atoms with E-state index < -0.39 is 8.56 Å². The van der Waals surface area contributed by atoms with Crippen LogP contribution in [0.25, 0.3) is 0 Å². The smallest absolute Gasteiger partial charge is 0.131 e. The minimum Gasteiger partial charge on any atom is -0.545 e. The molecule has 0 rings (SSSR count). The Morgan fingerprint density at radius 2 is 0.957 bits per heavy atom. The summed E-state index contributed by atoms with van der Waals surface area (Å²) in [6.07, 6.45) is 9.31. The van der Waals surface area contributed by atoms with E-state index in [0.29, 0.717) is 11.1 Å². The fraction of sp³-hybridized carbons (Fsp3) is 1.00. The Labute approximate surface area is 145 Å². The quantitative estimate of drug-likeness (QED) is 0.322. The lowest BCUT2D eigenvalue weighted by atomic mass is 10.2. The fourth-order valence-electron chi connectivity index (χ4n) is 3.04. The van der Waals surface area contributed by atoms with Crippen molar-refractivity contribution in [3.8, 4) is 0 Å². The molecule has 5 heteroatoms. The van der Waals surface area contributed by atoms with Gasteiger partial charge in [0, 0.05) is 13.2 Å². The van der Waals surface area contributed by atoms with E-state index in [1.54, 1.807) is 0 Å². The van der Waals surface area contributed by atoms with Gasteiger partial charge in [0.15, 0.2) is 0 Å². The maximum Gasteiger partial charge on any atom is 0.131 e. The van der Waals surface area contributed by atoms with Crippen molar-refractivity contribution in [2.24, 2.45) is 11.5 Å². The van der Waals surface area contributed by atoms with Crippen molar-refractivity contribution in [3.63, 3.8) is 0 Å². The molecule has 0 fully saturated rings. The van der Waals surface area contributed by atoms with Gasteiger partial charge in [-0.05, 0) is 38.8 Å². The lowest BCUT2D eigenvalue weighted by Crippen LogP contribution is -2.48. The molecule has 0 aliphatic rings. The van der Waals surface area contributed by atoms with Crippen LogP contribution in [0.5, 0.6) is 0 Å². The topological polar surface area (TPSA) is 70.5 Å². The number of unbranched alkanes of at least 4 members (excludes halogenated alkanes) is 6. The van der Waals surface area contributed by atoms with E-state index in [-0.39, 0.29) is 0 Å². The molecule has 0 unspecified atom stereocenters. The SMILES string of the molecule is CC(C)[Si-](OCCCCCCN)(OCCCCCCN)C(C)C. The summed E-state index contributed by atoms with van der Waals surface area (Å²) in [5.74, 6) is 0. The van der Waals surface area contributed by atoms with Gasteiger partial charge < -0.3 is 20.3 Å². The molecular weight excluding hydrogens is 304 g/mol. The highest BCUT2D eigenvalue weighted by Gasteiger charge is 2.30. The van der Waals surface area contributed by atoms with Crippen molar-refractivity contribution in [3.05, 3.63) is 0 Å². The van der Waals surface area contributed by atoms with Gasteiger partial charge in [-0.3, -0.25) is 0 Å². The molecule has 0 heterocycles. The van der Waals surface area contributed by atoms with Crippen molar-refractivity contribution in [2.75, 3.05) is 26.3 Å². The summed E-state index contributed by atoms with van der Waals surface area (Å²) in [5.41, 5.74) is 12.0. The van der Waals surface area contributed by atoms with Crippen LogP contribution in [0, 0.1) is 0 Å². The Hall–Kier alpha value is 0.0569. The van der Waals surface area contributed by atoms with Crippen LogP contribution in [-0.4, -0.2) is 34.9 Å². The Kier molecular flexibility index (Phi) is 14.4. The average molecular weight is 347 g/mol. The standard InChI is InChI=1S/C18H42N2O2Si/c1-17(2)23(18(3)4,21-15-11-7-5-9-13-19)22-16-12-8-6-10-14-20/h17-18H,5-16,19-20H2,1-4H3/q-1. The lowest BCUT2D eigenvalue weighted by molar-refractivity contribution is 0.147. The van der Waals surface area contributed by atoms with Gasteiger partial charge in [-0.15, -0.1) is 11.1 Å². The molecule has 0 spiro atoms. The Bertz CT molecular complexity index is 237. The van der Waals surface area contributed by atoms with Crippen LogP contribution in [0.3, 0.4) is 0 Å². The molecule has 4 nitrogen and oxygen atoms in total. The summed E-state index contributed by atoms with van der Waals surface area (Å²) < 4.78 is 12.9. The highest BCUT2D eigenvalue weighted by molar-refractivity contribution is 6.70. The van der Waals surface area contributed by atoms with Gasteiger partial charge in [-0.1, -0.05) is 53.4 Å². The first-order valence-corrected chi connectivity index (χ1v) is 11.7. The molecule has 0 aromatic heterocycles. The third-order valence-corrected chi connectivity index (χ3v) is 8.99. The highest BCUT2D eigenvalue weighted by Crippen LogP contribution is 2.35. The van der Waals surface area contributed by atoms with Gasteiger partial charge in [0.25, 0.3) is 0 Å². The van der Waals surface area contributed by atoms with Gasteiger partial charge in [0.05, 0.1) is 0 Å². The van der Waals surface area contributed by atoms with E-state index in [2.05, 4.69) is 27.7 Å². The fourth-order valence-corrected chi connectivity index (χ4v) is 6.72. The molecule has 0 radical (unpaired) electrons. The minimum atomic E-state index is -2.14. The zero-order chi connectivity index (χ0) is 17.6. The molecule has 141 valence electrons. The van der Waals surface area contributed by atoms with Crippen molar-refractivity contribution >= 4 is 8.56 Å². The van der Waals surface area contributed by atoms with Crippen LogP contribution in [-0.2, 0) is 8.85 Å². The Morgan fingerprint density at radius 1 is 0.609 bits per heavy atom. The molecule has 0 aromatic carbocycles. The maximum absolute atomic E-state index is 6.43. The van der Waals surface area contributed by atoms with Gasteiger partial charge in [0.1, 0.15) is 8.56 Å². The molecule has 0 aliphatic heterocycles. The third-order valence-electron chi connectivity index (χ3n) is 4.46. The molecule has 0 bridgehead atoms. The monoisotopic (exact) mass is 346 g/mol. The molecule has 0 amide bonds. The second-order valence-corrected chi connectivity index (χ2v) is 11.5. The van der Waals surface area contributed by atoms with Crippen LogP contribution in [0.1, 0.15) is 79.1 Å². The molecular formula is C18H42N2O2Si-. The van der Waals surface area contributed by atoms with Gasteiger partial charge >= 0.3 is 0 Å². The summed E-state index contributed by atoms with van der Waals surface area (Å²) in [4.78, 5) is 0. The van der Waals surface area contributed by atoms with E-state index in [1.165, 1.54) is 25.7 Å². The number of hydrogen-bond acceptors (Lipinski definition) is 4. The predicted molar refractivity (Wildman–Crippen MR) is 103 cm³/mol. The number of hydrogen-bond donors (Lipinski definition) is 2. The molecule has 4 N–H and O–H groups in total. The van der Waals surface area contributed by atoms with Crippen molar-refractivity contribution in [1.82, 2.24) is 0 Å². The second kappa shape index (κ2) is 14.4. The summed E-state index contributed by atoms with van der Waals surface area (Å²) in [6, 6.07) is 0. The third kappa shape index (κ3) is 9.82. The summed E-state index contributed by atoms with van der Waals surface area (Å²) >= 11 is 0. The normalized spacial score (nSPS) is 12.5. The highest BCUT2D eigenvalue weighted by atomic mass is 28.4. The first-order chi connectivity index (χ1) is 11.0. The van der Waals surface area contributed by atoms with Gasteiger partial charge in [-0.25, -0.2) is 0 Å². The lowest BCUT2D eigenvalue weighted by Gasteiger charge is -2.50. The van der Waals surface area contributed by atoms with Gasteiger partial charge in [-0.2, -0.15) is 0 Å². The van der Waals surface area contributed by atoms with E-state index in [0.717, 1.165) is 52.0 Å². The second-order valence-electron chi connectivity index (χ2n) is 7.13. The minimum absolute atomic E-state index is 0.482. The summed E-state index contributed by atoms with van der Waals surface area (Å²) in [7, 11) is -2.14. The predicted octanol–water partition coefficient (Wildman–Crippen LogP) is 4.32. The first kappa shape index (κ1) is 23.1. The molecule has 0 atom stereocenters. The van der Waals surface area contributed by atoms with Crippen LogP contribution in [0.2, 0.25) is 11.1 Å².